The molecular weight excluding hydrogens is 568 g/mol. The molecule has 1 heterocycles. The minimum absolute atomic E-state index is 0.240. The van der Waals surface area contributed by atoms with Crippen LogP contribution in [-0.2, 0) is 11.4 Å². The van der Waals surface area contributed by atoms with E-state index >= 15 is 0 Å². The number of amides is 1. The van der Waals surface area contributed by atoms with Crippen LogP contribution in [0.15, 0.2) is 59.5 Å². The van der Waals surface area contributed by atoms with Gasteiger partial charge in [-0.25, -0.2) is 0 Å². The van der Waals surface area contributed by atoms with Crippen LogP contribution in [0.25, 0.3) is 6.08 Å². The number of hydrogen-bond acceptors (Lipinski definition) is 5. The number of thioether (sulfide) groups is 1. The molecule has 3 aromatic rings. The summed E-state index contributed by atoms with van der Waals surface area (Å²) in [5, 5.41) is 1.70. The van der Waals surface area contributed by atoms with E-state index in [2.05, 4.69) is 0 Å². The average Bonchev–Trinajstić information content (AvgIpc) is 3.10. The molecule has 0 atom stereocenters. The average molecular weight is 585 g/mol. The smallest absolute Gasteiger partial charge is 0.270 e. The minimum Gasteiger partial charge on any atom is -0.490 e. The maximum Gasteiger partial charge on any atom is 0.270 e. The Morgan fingerprint density at radius 1 is 0.886 bits per heavy atom. The zero-order chi connectivity index (χ0) is 25.1. The number of halogens is 4. The molecule has 1 fully saturated rings. The van der Waals surface area contributed by atoms with Crippen LogP contribution in [0, 0.1) is 0 Å². The topological polar surface area (TPSA) is 38.8 Å². The zero-order valence-corrected chi connectivity index (χ0v) is 22.8. The summed E-state index contributed by atoms with van der Waals surface area (Å²) in [6, 6.07) is 15.7. The van der Waals surface area contributed by atoms with Crippen molar-refractivity contribution in [1.82, 2.24) is 0 Å². The predicted molar refractivity (Wildman–Crippen MR) is 151 cm³/mol. The van der Waals surface area contributed by atoms with Gasteiger partial charge >= 0.3 is 0 Å². The monoisotopic (exact) mass is 583 g/mol. The molecule has 10 heteroatoms. The van der Waals surface area contributed by atoms with Crippen molar-refractivity contribution in [3.8, 4) is 11.5 Å². The van der Waals surface area contributed by atoms with E-state index in [0.29, 0.717) is 59.7 Å². The van der Waals surface area contributed by atoms with Gasteiger partial charge in [0.2, 0.25) is 0 Å². The minimum atomic E-state index is -0.240. The third kappa shape index (κ3) is 6.08. The fourth-order valence-electron chi connectivity index (χ4n) is 3.26. The molecule has 0 N–H and O–H groups in total. The highest BCUT2D eigenvalue weighted by molar-refractivity contribution is 8.27. The van der Waals surface area contributed by atoms with E-state index in [1.807, 2.05) is 25.1 Å². The summed E-state index contributed by atoms with van der Waals surface area (Å²) in [7, 11) is 0. The maximum absolute atomic E-state index is 13.1. The van der Waals surface area contributed by atoms with Crippen LogP contribution in [0.5, 0.6) is 11.5 Å². The second-order valence-electron chi connectivity index (χ2n) is 7.29. The van der Waals surface area contributed by atoms with Crippen molar-refractivity contribution in [2.75, 3.05) is 11.5 Å². The van der Waals surface area contributed by atoms with Crippen molar-refractivity contribution in [2.24, 2.45) is 0 Å². The van der Waals surface area contributed by atoms with E-state index in [1.165, 1.54) is 16.7 Å². The molecule has 0 spiro atoms. The molecule has 0 unspecified atom stereocenters. The van der Waals surface area contributed by atoms with Crippen LogP contribution >= 0.6 is 70.4 Å². The normalized spacial score (nSPS) is 14.7. The summed E-state index contributed by atoms with van der Waals surface area (Å²) in [6.45, 7) is 2.63. The summed E-state index contributed by atoms with van der Waals surface area (Å²) >= 11 is 30.9. The largest absolute Gasteiger partial charge is 0.490 e. The van der Waals surface area contributed by atoms with Crippen LogP contribution in [0.1, 0.15) is 18.1 Å². The first-order valence-electron chi connectivity index (χ1n) is 10.3. The number of carbonyl (C=O) groups is 1. The molecule has 35 heavy (non-hydrogen) atoms. The third-order valence-electron chi connectivity index (χ3n) is 4.90. The van der Waals surface area contributed by atoms with Crippen molar-refractivity contribution in [2.45, 2.75) is 13.5 Å². The lowest BCUT2D eigenvalue weighted by Gasteiger charge is -2.15. The van der Waals surface area contributed by atoms with Crippen molar-refractivity contribution < 1.29 is 14.3 Å². The maximum atomic E-state index is 13.1. The summed E-state index contributed by atoms with van der Waals surface area (Å²) in [5.41, 5.74) is 2.20. The van der Waals surface area contributed by atoms with Crippen molar-refractivity contribution in [1.29, 1.82) is 0 Å². The van der Waals surface area contributed by atoms with E-state index in [0.717, 1.165) is 11.1 Å². The second kappa shape index (κ2) is 11.4. The number of benzene rings is 3. The second-order valence-corrected chi connectivity index (χ2v) is 10.6. The van der Waals surface area contributed by atoms with E-state index in [1.54, 1.807) is 42.5 Å². The molecule has 0 saturated carbocycles. The number of thiocarbonyl (C=S) groups is 1. The SMILES string of the molecule is CCOc1cc(/C=C2\SC(=S)N(c3ccc(Cl)c(Cl)c3)C2=O)ccc1OCc1ccc(Cl)c(Cl)c1. The summed E-state index contributed by atoms with van der Waals surface area (Å²) in [5.74, 6) is 0.885. The molecule has 0 bridgehead atoms. The first kappa shape index (κ1) is 26.1. The Bertz CT molecular complexity index is 1350. The molecule has 1 aliphatic heterocycles. The Morgan fingerprint density at radius 3 is 2.29 bits per heavy atom. The first-order valence-corrected chi connectivity index (χ1v) is 13.1. The molecular formula is C25H17Cl4NO3S2. The Hall–Kier alpha value is -1.93. The standard InChI is InChI=1S/C25H17Cl4NO3S2/c1-2-32-22-10-14(4-8-21(22)33-13-15-3-6-17(26)19(28)9-15)11-23-24(31)30(25(34)35-23)16-5-7-18(27)20(29)12-16/h3-12H,2,13H2,1H3/b23-11-. The molecule has 0 radical (unpaired) electrons. The lowest BCUT2D eigenvalue weighted by Crippen LogP contribution is -2.27. The molecule has 1 saturated heterocycles. The van der Waals surface area contributed by atoms with Crippen LogP contribution in [0.3, 0.4) is 0 Å². The summed E-state index contributed by atoms with van der Waals surface area (Å²) < 4.78 is 12.1. The number of hydrogen-bond donors (Lipinski definition) is 0. The number of ether oxygens (including phenoxy) is 2. The number of rotatable bonds is 7. The summed E-state index contributed by atoms with van der Waals surface area (Å²) in [4.78, 5) is 15.0. The molecule has 0 aromatic heterocycles. The Balaban J connectivity index is 1.55. The van der Waals surface area contributed by atoms with Crippen molar-refractivity contribution in [3.05, 3.63) is 90.7 Å². The van der Waals surface area contributed by atoms with Gasteiger partial charge in [0.15, 0.2) is 15.8 Å². The van der Waals surface area contributed by atoms with Gasteiger partial charge in [0.25, 0.3) is 5.91 Å². The van der Waals surface area contributed by atoms with Gasteiger partial charge in [-0.1, -0.05) is 82.5 Å². The molecule has 1 aliphatic rings. The lowest BCUT2D eigenvalue weighted by molar-refractivity contribution is -0.113. The van der Waals surface area contributed by atoms with Gasteiger partial charge in [-0.05, 0) is 66.6 Å². The van der Waals surface area contributed by atoms with E-state index in [4.69, 9.17) is 68.1 Å². The van der Waals surface area contributed by atoms with Gasteiger partial charge in [0.05, 0.1) is 37.3 Å². The van der Waals surface area contributed by atoms with E-state index < -0.39 is 0 Å². The highest BCUT2D eigenvalue weighted by Crippen LogP contribution is 2.39. The zero-order valence-electron chi connectivity index (χ0n) is 18.2. The van der Waals surface area contributed by atoms with Gasteiger partial charge in [0.1, 0.15) is 6.61 Å². The van der Waals surface area contributed by atoms with Gasteiger partial charge in [-0.3, -0.25) is 9.69 Å². The molecule has 1 amide bonds. The van der Waals surface area contributed by atoms with Crippen LogP contribution < -0.4 is 14.4 Å². The summed E-state index contributed by atoms with van der Waals surface area (Å²) in [6.07, 6.45) is 1.77. The van der Waals surface area contributed by atoms with Crippen molar-refractivity contribution >= 4 is 92.4 Å². The molecule has 3 aromatic carbocycles. The first-order chi connectivity index (χ1) is 16.8. The van der Waals surface area contributed by atoms with E-state index in [9.17, 15) is 4.79 Å². The Morgan fingerprint density at radius 2 is 1.60 bits per heavy atom. The highest BCUT2D eigenvalue weighted by atomic mass is 35.5. The van der Waals surface area contributed by atoms with Gasteiger partial charge in [-0.2, -0.15) is 0 Å². The van der Waals surface area contributed by atoms with Gasteiger partial charge in [0, 0.05) is 0 Å². The van der Waals surface area contributed by atoms with Crippen LogP contribution in [0.4, 0.5) is 5.69 Å². The molecule has 4 rings (SSSR count). The quantitative estimate of drug-likeness (QED) is 0.205. The lowest BCUT2D eigenvalue weighted by atomic mass is 10.1. The van der Waals surface area contributed by atoms with Crippen molar-refractivity contribution in [3.63, 3.8) is 0 Å². The molecule has 180 valence electrons. The van der Waals surface area contributed by atoms with Gasteiger partial charge in [-0.15, -0.1) is 0 Å². The highest BCUT2D eigenvalue weighted by Gasteiger charge is 2.33. The molecule has 4 nitrogen and oxygen atoms in total. The molecule has 0 aliphatic carbocycles. The van der Waals surface area contributed by atoms with E-state index in [-0.39, 0.29) is 5.91 Å². The van der Waals surface area contributed by atoms with Gasteiger partial charge < -0.3 is 9.47 Å². The fraction of sp³-hybridized carbons (Fsp3) is 0.120. The fourth-order valence-corrected chi connectivity index (χ4v) is 5.17. The van der Waals surface area contributed by atoms with Crippen LogP contribution in [-0.4, -0.2) is 16.8 Å². The Kier molecular flexibility index (Phi) is 8.53. The Labute approximate surface area is 232 Å². The van der Waals surface area contributed by atoms with Crippen LogP contribution in [0.2, 0.25) is 20.1 Å². The predicted octanol–water partition coefficient (Wildman–Crippen LogP) is 8.68. The number of nitrogens with zero attached hydrogens (tertiary/aromatic N) is 1. The number of anilines is 1. The number of carbonyl (C=O) groups excluding carboxylic acids is 1. The third-order valence-corrected chi connectivity index (χ3v) is 7.68.